The molecule has 2 rings (SSSR count). The average molecular weight is 349 g/mol. The van der Waals surface area contributed by atoms with E-state index >= 15 is 0 Å². The zero-order chi connectivity index (χ0) is 17.7. The van der Waals surface area contributed by atoms with Gasteiger partial charge in [-0.05, 0) is 42.2 Å². The van der Waals surface area contributed by atoms with E-state index in [2.05, 4.69) is 18.6 Å². The van der Waals surface area contributed by atoms with Crippen molar-refractivity contribution in [3.8, 4) is 11.5 Å². The van der Waals surface area contributed by atoms with Crippen molar-refractivity contribution in [2.45, 2.75) is 31.1 Å². The third-order valence-electron chi connectivity index (χ3n) is 4.01. The van der Waals surface area contributed by atoms with Crippen LogP contribution in [0.1, 0.15) is 31.7 Å². The minimum atomic E-state index is -3.65. The van der Waals surface area contributed by atoms with Crippen molar-refractivity contribution in [3.05, 3.63) is 48.0 Å². The van der Waals surface area contributed by atoms with Crippen LogP contribution >= 0.6 is 0 Å². The molecule has 0 heterocycles. The van der Waals surface area contributed by atoms with E-state index < -0.39 is 10.0 Å². The van der Waals surface area contributed by atoms with Gasteiger partial charge < -0.3 is 9.47 Å². The summed E-state index contributed by atoms with van der Waals surface area (Å²) in [4.78, 5) is 0.226. The quantitative estimate of drug-likeness (QED) is 0.820. The zero-order valence-corrected chi connectivity index (χ0v) is 15.2. The maximum absolute atomic E-state index is 12.5. The predicted molar refractivity (Wildman–Crippen MR) is 95.5 cm³/mol. The lowest BCUT2D eigenvalue weighted by Crippen LogP contribution is -2.13. The SMILES string of the molecule is CCC(C)c1ccc(S(=O)(=O)Nc2ccc(OC)c(OC)c2)cc1. The molecule has 5 nitrogen and oxygen atoms in total. The van der Waals surface area contributed by atoms with Gasteiger partial charge in [-0.3, -0.25) is 4.72 Å². The Bertz CT molecular complexity index is 785. The molecule has 1 atom stereocenters. The highest BCUT2D eigenvalue weighted by molar-refractivity contribution is 7.92. The van der Waals surface area contributed by atoms with Crippen molar-refractivity contribution in [2.24, 2.45) is 0 Å². The molecule has 24 heavy (non-hydrogen) atoms. The molecular weight excluding hydrogens is 326 g/mol. The van der Waals surface area contributed by atoms with Crippen LogP contribution < -0.4 is 14.2 Å². The topological polar surface area (TPSA) is 64.6 Å². The molecule has 6 heteroatoms. The lowest BCUT2D eigenvalue weighted by molar-refractivity contribution is 0.355. The second-order valence-electron chi connectivity index (χ2n) is 5.55. The Balaban J connectivity index is 2.25. The van der Waals surface area contributed by atoms with Gasteiger partial charge in [-0.25, -0.2) is 8.42 Å². The molecule has 0 saturated heterocycles. The monoisotopic (exact) mass is 349 g/mol. The van der Waals surface area contributed by atoms with E-state index in [1.54, 1.807) is 30.3 Å². The van der Waals surface area contributed by atoms with E-state index in [0.717, 1.165) is 12.0 Å². The molecule has 1 unspecified atom stereocenters. The van der Waals surface area contributed by atoms with E-state index in [1.165, 1.54) is 14.2 Å². The maximum Gasteiger partial charge on any atom is 0.261 e. The second-order valence-corrected chi connectivity index (χ2v) is 7.24. The summed E-state index contributed by atoms with van der Waals surface area (Å²) in [5.74, 6) is 1.41. The molecule has 130 valence electrons. The van der Waals surface area contributed by atoms with Crippen LogP contribution in [0.2, 0.25) is 0 Å². The number of rotatable bonds is 7. The van der Waals surface area contributed by atoms with Gasteiger partial charge in [0.15, 0.2) is 11.5 Å². The number of benzene rings is 2. The Morgan fingerprint density at radius 2 is 1.62 bits per heavy atom. The predicted octanol–water partition coefficient (Wildman–Crippen LogP) is 4.02. The lowest BCUT2D eigenvalue weighted by atomic mass is 9.99. The van der Waals surface area contributed by atoms with Gasteiger partial charge in [0, 0.05) is 6.07 Å². The van der Waals surface area contributed by atoms with Crippen LogP contribution in [0, 0.1) is 0 Å². The van der Waals surface area contributed by atoms with Gasteiger partial charge in [0.05, 0.1) is 24.8 Å². The number of ether oxygens (including phenoxy) is 2. The highest BCUT2D eigenvalue weighted by Gasteiger charge is 2.16. The summed E-state index contributed by atoms with van der Waals surface area (Å²) < 4.78 is 37.9. The summed E-state index contributed by atoms with van der Waals surface area (Å²) in [6, 6.07) is 11.9. The van der Waals surface area contributed by atoms with E-state index in [9.17, 15) is 8.42 Å². The van der Waals surface area contributed by atoms with Crippen molar-refractivity contribution in [3.63, 3.8) is 0 Å². The van der Waals surface area contributed by atoms with Crippen LogP contribution in [0.4, 0.5) is 5.69 Å². The van der Waals surface area contributed by atoms with E-state index in [-0.39, 0.29) is 4.90 Å². The molecule has 2 aromatic carbocycles. The molecule has 1 N–H and O–H groups in total. The Hall–Kier alpha value is -2.21. The number of methoxy groups -OCH3 is 2. The summed E-state index contributed by atoms with van der Waals surface area (Å²) in [5, 5.41) is 0. The molecule has 0 aliphatic carbocycles. The smallest absolute Gasteiger partial charge is 0.261 e. The van der Waals surface area contributed by atoms with Gasteiger partial charge in [-0.15, -0.1) is 0 Å². The molecule has 0 amide bonds. The van der Waals surface area contributed by atoms with Gasteiger partial charge in [0.1, 0.15) is 0 Å². The summed E-state index contributed by atoms with van der Waals surface area (Å²) in [5.41, 5.74) is 1.54. The summed E-state index contributed by atoms with van der Waals surface area (Å²) in [6.07, 6.45) is 1.01. The maximum atomic E-state index is 12.5. The van der Waals surface area contributed by atoms with Crippen LogP contribution in [0.25, 0.3) is 0 Å². The summed E-state index contributed by atoms with van der Waals surface area (Å²) in [6.45, 7) is 4.22. The first-order chi connectivity index (χ1) is 11.4. The molecule has 0 radical (unpaired) electrons. The highest BCUT2D eigenvalue weighted by Crippen LogP contribution is 2.31. The summed E-state index contributed by atoms with van der Waals surface area (Å²) in [7, 11) is -0.621. The van der Waals surface area contributed by atoms with Crippen molar-refractivity contribution in [1.82, 2.24) is 0 Å². The molecule has 2 aromatic rings. The van der Waals surface area contributed by atoms with Gasteiger partial charge in [-0.1, -0.05) is 26.0 Å². The van der Waals surface area contributed by atoms with Crippen molar-refractivity contribution >= 4 is 15.7 Å². The van der Waals surface area contributed by atoms with E-state index in [1.807, 2.05) is 12.1 Å². The van der Waals surface area contributed by atoms with Crippen molar-refractivity contribution < 1.29 is 17.9 Å². The third kappa shape index (κ3) is 4.00. The van der Waals surface area contributed by atoms with E-state index in [4.69, 9.17) is 9.47 Å². The number of hydrogen-bond acceptors (Lipinski definition) is 4. The Labute approximate surface area is 143 Å². The molecular formula is C18H23NO4S. The van der Waals surface area contributed by atoms with Gasteiger partial charge in [0.25, 0.3) is 10.0 Å². The Morgan fingerprint density at radius 3 is 2.17 bits per heavy atom. The van der Waals surface area contributed by atoms with E-state index in [0.29, 0.717) is 23.1 Å². The molecule has 0 bridgehead atoms. The first kappa shape index (κ1) is 18.1. The van der Waals surface area contributed by atoms with Gasteiger partial charge >= 0.3 is 0 Å². The van der Waals surface area contributed by atoms with Gasteiger partial charge in [-0.2, -0.15) is 0 Å². The molecule has 0 aromatic heterocycles. The number of sulfonamides is 1. The fourth-order valence-electron chi connectivity index (χ4n) is 2.33. The summed E-state index contributed by atoms with van der Waals surface area (Å²) >= 11 is 0. The Kier molecular flexibility index (Phi) is 5.72. The second kappa shape index (κ2) is 7.57. The normalized spacial score (nSPS) is 12.5. The number of hydrogen-bond donors (Lipinski definition) is 1. The number of nitrogens with one attached hydrogen (secondary N) is 1. The van der Waals surface area contributed by atoms with Crippen LogP contribution in [0.15, 0.2) is 47.4 Å². The molecule has 0 fully saturated rings. The third-order valence-corrected chi connectivity index (χ3v) is 5.40. The lowest BCUT2D eigenvalue weighted by Gasteiger charge is -2.13. The molecule has 0 spiro atoms. The molecule has 0 saturated carbocycles. The minimum absolute atomic E-state index is 0.226. The minimum Gasteiger partial charge on any atom is -0.493 e. The van der Waals surface area contributed by atoms with Crippen LogP contribution in [0.3, 0.4) is 0 Å². The first-order valence-corrected chi connectivity index (χ1v) is 9.24. The zero-order valence-electron chi connectivity index (χ0n) is 14.4. The molecule has 0 aliphatic rings. The van der Waals surface area contributed by atoms with Crippen LogP contribution in [-0.2, 0) is 10.0 Å². The van der Waals surface area contributed by atoms with Gasteiger partial charge in [0.2, 0.25) is 0 Å². The highest BCUT2D eigenvalue weighted by atomic mass is 32.2. The number of anilines is 1. The Morgan fingerprint density at radius 1 is 1.00 bits per heavy atom. The van der Waals surface area contributed by atoms with Crippen LogP contribution in [-0.4, -0.2) is 22.6 Å². The molecule has 0 aliphatic heterocycles. The standard InChI is InChI=1S/C18H23NO4S/c1-5-13(2)14-6-9-16(10-7-14)24(20,21)19-15-8-11-17(22-3)18(12-15)23-4/h6-13,19H,5H2,1-4H3. The van der Waals surface area contributed by atoms with Crippen molar-refractivity contribution in [1.29, 1.82) is 0 Å². The first-order valence-electron chi connectivity index (χ1n) is 7.76. The fourth-order valence-corrected chi connectivity index (χ4v) is 3.37. The van der Waals surface area contributed by atoms with Crippen LogP contribution in [0.5, 0.6) is 11.5 Å². The van der Waals surface area contributed by atoms with Crippen molar-refractivity contribution in [2.75, 3.05) is 18.9 Å². The average Bonchev–Trinajstić information content (AvgIpc) is 2.60. The largest absolute Gasteiger partial charge is 0.493 e. The fraction of sp³-hybridized carbons (Fsp3) is 0.333.